The van der Waals surface area contributed by atoms with Crippen LogP contribution in [0.3, 0.4) is 0 Å². The molecule has 0 radical (unpaired) electrons. The number of fused-ring (bicyclic) bond motifs is 1. The second kappa shape index (κ2) is 8.32. The van der Waals surface area contributed by atoms with Crippen LogP contribution in [0.2, 0.25) is 0 Å². The molecule has 4 aromatic rings. The number of nitrogens with one attached hydrogen (secondary N) is 2. The summed E-state index contributed by atoms with van der Waals surface area (Å²) in [5, 5.41) is 13.8. The molecule has 1 unspecified atom stereocenters. The van der Waals surface area contributed by atoms with Crippen LogP contribution in [0, 0.1) is 5.82 Å². The quantitative estimate of drug-likeness (QED) is 0.438. The molecule has 4 rings (SSSR count). The average Bonchev–Trinajstić information content (AvgIpc) is 3.39. The highest BCUT2D eigenvalue weighted by Gasteiger charge is 2.16. The number of aliphatic hydroxyl groups is 1. The van der Waals surface area contributed by atoms with Crippen LogP contribution in [0.1, 0.15) is 23.8 Å². The lowest BCUT2D eigenvalue weighted by molar-refractivity contribution is -0.121. The Balaban J connectivity index is 1.49. The number of furan rings is 1. The van der Waals surface area contributed by atoms with Gasteiger partial charge in [-0.3, -0.25) is 4.79 Å². The second-order valence-corrected chi connectivity index (χ2v) is 6.87. The smallest absolute Gasteiger partial charge is 0.220 e. The van der Waals surface area contributed by atoms with Crippen LogP contribution in [0.25, 0.3) is 22.2 Å². The molecule has 1 atom stereocenters. The third kappa shape index (κ3) is 4.22. The van der Waals surface area contributed by atoms with Crippen LogP contribution in [-0.2, 0) is 11.2 Å². The summed E-state index contributed by atoms with van der Waals surface area (Å²) in [6.45, 7) is 0.0883. The van der Waals surface area contributed by atoms with E-state index in [1.54, 1.807) is 24.3 Å². The van der Waals surface area contributed by atoms with Crippen molar-refractivity contribution < 1.29 is 18.7 Å². The van der Waals surface area contributed by atoms with E-state index in [1.165, 1.54) is 18.4 Å². The number of benzene rings is 2. The van der Waals surface area contributed by atoms with Crippen LogP contribution in [0.15, 0.2) is 71.3 Å². The molecule has 2 heterocycles. The van der Waals surface area contributed by atoms with Gasteiger partial charge in [0, 0.05) is 23.0 Å². The zero-order valence-electron chi connectivity index (χ0n) is 15.7. The molecule has 0 aliphatic rings. The van der Waals surface area contributed by atoms with Crippen molar-refractivity contribution in [3.63, 3.8) is 0 Å². The number of H-pyrrole nitrogens is 1. The van der Waals surface area contributed by atoms with E-state index in [-0.39, 0.29) is 24.7 Å². The van der Waals surface area contributed by atoms with Crippen LogP contribution in [-0.4, -0.2) is 22.5 Å². The summed E-state index contributed by atoms with van der Waals surface area (Å²) in [6, 6.07) is 17.5. The Morgan fingerprint density at radius 3 is 2.66 bits per heavy atom. The van der Waals surface area contributed by atoms with Gasteiger partial charge in [-0.1, -0.05) is 18.2 Å². The van der Waals surface area contributed by atoms with Gasteiger partial charge in [0.15, 0.2) is 0 Å². The monoisotopic (exact) mass is 392 g/mol. The summed E-state index contributed by atoms with van der Waals surface area (Å²) in [5.41, 5.74) is 3.73. The summed E-state index contributed by atoms with van der Waals surface area (Å²) in [5.74, 6) is -0.0348. The number of hydrogen-bond donors (Lipinski definition) is 3. The number of halogens is 1. The SMILES string of the molecule is O=C(CCc1c(-c2ccc(F)cc2)[nH]c2ccccc12)NCC(O)c1ccco1. The number of aryl methyl sites for hydroxylation is 1. The molecular weight excluding hydrogens is 371 g/mol. The summed E-state index contributed by atoms with van der Waals surface area (Å²) in [4.78, 5) is 15.7. The fourth-order valence-electron chi connectivity index (χ4n) is 3.44. The molecule has 0 spiro atoms. The predicted molar refractivity (Wildman–Crippen MR) is 109 cm³/mol. The molecule has 0 saturated heterocycles. The van der Waals surface area contributed by atoms with Crippen LogP contribution in [0.5, 0.6) is 0 Å². The molecule has 3 N–H and O–H groups in total. The summed E-state index contributed by atoms with van der Waals surface area (Å²) in [6.07, 6.45) is 1.38. The third-order valence-electron chi connectivity index (χ3n) is 4.91. The van der Waals surface area contributed by atoms with E-state index in [0.29, 0.717) is 12.2 Å². The molecule has 2 aromatic carbocycles. The highest BCUT2D eigenvalue weighted by atomic mass is 19.1. The Kier molecular flexibility index (Phi) is 5.44. The number of hydrogen-bond acceptors (Lipinski definition) is 3. The molecule has 2 aromatic heterocycles. The predicted octanol–water partition coefficient (Wildman–Crippen LogP) is 4.35. The van der Waals surface area contributed by atoms with E-state index in [9.17, 15) is 14.3 Å². The minimum absolute atomic E-state index is 0.0883. The molecule has 148 valence electrons. The fraction of sp³-hybridized carbons (Fsp3) is 0.174. The first kappa shape index (κ1) is 19.0. The Morgan fingerprint density at radius 1 is 1.10 bits per heavy atom. The molecule has 0 aliphatic carbocycles. The Labute approximate surface area is 167 Å². The van der Waals surface area contributed by atoms with Crippen molar-refractivity contribution in [2.24, 2.45) is 0 Å². The van der Waals surface area contributed by atoms with E-state index >= 15 is 0 Å². The fourth-order valence-corrected chi connectivity index (χ4v) is 3.44. The van der Waals surface area contributed by atoms with Gasteiger partial charge >= 0.3 is 0 Å². The van der Waals surface area contributed by atoms with E-state index < -0.39 is 6.10 Å². The van der Waals surface area contributed by atoms with Crippen molar-refractivity contribution in [3.05, 3.63) is 84.1 Å². The lowest BCUT2D eigenvalue weighted by atomic mass is 10.0. The van der Waals surface area contributed by atoms with E-state index in [2.05, 4.69) is 10.3 Å². The molecule has 0 fully saturated rings. The summed E-state index contributed by atoms with van der Waals surface area (Å²) >= 11 is 0. The number of rotatable bonds is 7. The lowest BCUT2D eigenvalue weighted by Crippen LogP contribution is -2.28. The van der Waals surface area contributed by atoms with E-state index in [1.807, 2.05) is 24.3 Å². The topological polar surface area (TPSA) is 78.3 Å². The van der Waals surface area contributed by atoms with Crippen LogP contribution in [0.4, 0.5) is 4.39 Å². The molecule has 29 heavy (non-hydrogen) atoms. The summed E-state index contributed by atoms with van der Waals surface area (Å²) in [7, 11) is 0. The molecule has 0 aliphatic heterocycles. The average molecular weight is 392 g/mol. The van der Waals surface area contributed by atoms with Gasteiger partial charge in [-0.25, -0.2) is 4.39 Å². The van der Waals surface area contributed by atoms with E-state index in [0.717, 1.165) is 27.7 Å². The van der Waals surface area contributed by atoms with Gasteiger partial charge in [0.05, 0.1) is 12.8 Å². The maximum Gasteiger partial charge on any atom is 0.220 e. The highest BCUT2D eigenvalue weighted by molar-refractivity contribution is 5.91. The second-order valence-electron chi connectivity index (χ2n) is 6.87. The maximum absolute atomic E-state index is 13.3. The van der Waals surface area contributed by atoms with Crippen molar-refractivity contribution in [2.45, 2.75) is 18.9 Å². The van der Waals surface area contributed by atoms with Crippen molar-refractivity contribution in [1.29, 1.82) is 0 Å². The first-order valence-corrected chi connectivity index (χ1v) is 9.45. The number of aliphatic hydroxyl groups excluding tert-OH is 1. The Morgan fingerprint density at radius 2 is 1.90 bits per heavy atom. The molecule has 0 saturated carbocycles. The van der Waals surface area contributed by atoms with Crippen molar-refractivity contribution in [3.8, 4) is 11.3 Å². The zero-order chi connectivity index (χ0) is 20.2. The van der Waals surface area contributed by atoms with Crippen LogP contribution < -0.4 is 5.32 Å². The first-order chi connectivity index (χ1) is 14.1. The van der Waals surface area contributed by atoms with Crippen molar-refractivity contribution in [1.82, 2.24) is 10.3 Å². The van der Waals surface area contributed by atoms with E-state index in [4.69, 9.17) is 4.42 Å². The van der Waals surface area contributed by atoms with Gasteiger partial charge in [0.25, 0.3) is 0 Å². The largest absolute Gasteiger partial charge is 0.467 e. The lowest BCUT2D eigenvalue weighted by Gasteiger charge is -2.10. The first-order valence-electron chi connectivity index (χ1n) is 9.45. The molecule has 1 amide bonds. The van der Waals surface area contributed by atoms with Crippen molar-refractivity contribution >= 4 is 16.8 Å². The highest BCUT2D eigenvalue weighted by Crippen LogP contribution is 2.31. The van der Waals surface area contributed by atoms with Gasteiger partial charge in [0.2, 0.25) is 5.91 Å². The minimum atomic E-state index is -0.878. The molecule has 6 heteroatoms. The Hall–Kier alpha value is -3.38. The van der Waals surface area contributed by atoms with Crippen molar-refractivity contribution in [2.75, 3.05) is 6.54 Å². The molecule has 0 bridgehead atoms. The Bertz CT molecular complexity index is 1100. The number of para-hydroxylation sites is 1. The number of aromatic nitrogens is 1. The number of carbonyl (C=O) groups excluding carboxylic acids is 1. The number of carbonyl (C=O) groups is 1. The van der Waals surface area contributed by atoms with Gasteiger partial charge in [0.1, 0.15) is 17.7 Å². The maximum atomic E-state index is 13.3. The number of aromatic amines is 1. The standard InChI is InChI=1S/C23H21FN2O3/c24-16-9-7-15(8-10-16)23-18(17-4-1-2-5-19(17)26-23)11-12-22(28)25-14-20(27)21-6-3-13-29-21/h1-10,13,20,26-27H,11-12,14H2,(H,25,28). The van der Waals surface area contributed by atoms with Crippen LogP contribution >= 0.6 is 0 Å². The molecule has 5 nitrogen and oxygen atoms in total. The zero-order valence-corrected chi connectivity index (χ0v) is 15.7. The minimum Gasteiger partial charge on any atom is -0.467 e. The number of amides is 1. The van der Waals surface area contributed by atoms with Gasteiger partial charge in [-0.15, -0.1) is 0 Å². The van der Waals surface area contributed by atoms with Gasteiger partial charge in [-0.2, -0.15) is 0 Å². The third-order valence-corrected chi connectivity index (χ3v) is 4.91. The molecular formula is C23H21FN2O3. The van der Waals surface area contributed by atoms with Gasteiger partial charge < -0.3 is 19.8 Å². The van der Waals surface area contributed by atoms with Gasteiger partial charge in [-0.05, 0) is 60.0 Å². The normalized spacial score (nSPS) is 12.2. The summed E-state index contributed by atoms with van der Waals surface area (Å²) < 4.78 is 18.5.